The second-order valence-corrected chi connectivity index (χ2v) is 7.42. The maximum absolute atomic E-state index is 12.8. The van der Waals surface area contributed by atoms with Gasteiger partial charge in [-0.15, -0.1) is 0 Å². The molecule has 0 aliphatic carbocycles. The monoisotopic (exact) mass is 382 g/mol. The summed E-state index contributed by atoms with van der Waals surface area (Å²) in [6.45, 7) is 10.5. The Labute approximate surface area is 167 Å². The quantitative estimate of drug-likeness (QED) is 0.707. The van der Waals surface area contributed by atoms with Crippen LogP contribution in [0.15, 0.2) is 42.5 Å². The molecule has 150 valence electrons. The van der Waals surface area contributed by atoms with Crippen LogP contribution in [0.1, 0.15) is 48.7 Å². The highest BCUT2D eigenvalue weighted by Crippen LogP contribution is 2.22. The number of rotatable bonds is 8. The summed E-state index contributed by atoms with van der Waals surface area (Å²) in [5.74, 6) is 0.566. The van der Waals surface area contributed by atoms with Crippen LogP contribution < -0.4 is 15.4 Å². The number of hydrogen-bond acceptors (Lipinski definition) is 3. The van der Waals surface area contributed by atoms with E-state index >= 15 is 0 Å². The molecule has 0 bridgehead atoms. The van der Waals surface area contributed by atoms with Crippen molar-refractivity contribution >= 4 is 17.5 Å². The van der Waals surface area contributed by atoms with Crippen molar-refractivity contribution in [3.05, 3.63) is 59.2 Å². The number of nitrogens with one attached hydrogen (secondary N) is 2. The van der Waals surface area contributed by atoms with Crippen LogP contribution >= 0.6 is 0 Å². The molecule has 2 aromatic carbocycles. The number of carbonyl (C=O) groups excluding carboxylic acids is 2. The van der Waals surface area contributed by atoms with Gasteiger partial charge in [0.25, 0.3) is 11.8 Å². The molecule has 0 saturated heterocycles. The average Bonchev–Trinajstić information content (AvgIpc) is 2.65. The highest BCUT2D eigenvalue weighted by Gasteiger charge is 2.21. The van der Waals surface area contributed by atoms with Gasteiger partial charge in [0.05, 0.1) is 11.3 Å². The normalized spacial score (nSPS) is 11.8. The van der Waals surface area contributed by atoms with Gasteiger partial charge in [0, 0.05) is 6.54 Å². The Bertz CT molecular complexity index is 830. The molecule has 0 aromatic heterocycles. The predicted octanol–water partition coefficient (Wildman–Crippen LogP) is 4.49. The fourth-order valence-electron chi connectivity index (χ4n) is 2.80. The maximum Gasteiger partial charge on any atom is 0.265 e. The fraction of sp³-hybridized carbons (Fsp3) is 0.391. The first-order valence-electron chi connectivity index (χ1n) is 9.73. The molecule has 1 unspecified atom stereocenters. The second-order valence-electron chi connectivity index (χ2n) is 7.42. The Hall–Kier alpha value is -2.82. The van der Waals surface area contributed by atoms with Crippen LogP contribution in [0.3, 0.4) is 0 Å². The van der Waals surface area contributed by atoms with E-state index in [1.165, 1.54) is 0 Å². The molecule has 0 spiro atoms. The largest absolute Gasteiger partial charge is 0.480 e. The summed E-state index contributed by atoms with van der Waals surface area (Å²) in [7, 11) is 0. The lowest BCUT2D eigenvalue weighted by molar-refractivity contribution is -0.122. The van der Waals surface area contributed by atoms with Gasteiger partial charge in [0.2, 0.25) is 0 Å². The molecule has 1 atom stereocenters. The van der Waals surface area contributed by atoms with Gasteiger partial charge < -0.3 is 15.4 Å². The van der Waals surface area contributed by atoms with Gasteiger partial charge in [0.15, 0.2) is 6.10 Å². The third kappa shape index (κ3) is 5.84. The van der Waals surface area contributed by atoms with Gasteiger partial charge in [-0.3, -0.25) is 9.59 Å². The van der Waals surface area contributed by atoms with Crippen molar-refractivity contribution in [2.75, 3.05) is 11.9 Å². The van der Waals surface area contributed by atoms with E-state index in [2.05, 4.69) is 10.6 Å². The Kier molecular flexibility index (Phi) is 7.61. The van der Waals surface area contributed by atoms with Crippen molar-refractivity contribution in [1.82, 2.24) is 5.32 Å². The van der Waals surface area contributed by atoms with Gasteiger partial charge in [-0.2, -0.15) is 0 Å². The first-order chi connectivity index (χ1) is 13.3. The molecule has 0 fully saturated rings. The molecule has 0 aliphatic heterocycles. The van der Waals surface area contributed by atoms with Crippen LogP contribution in [-0.2, 0) is 4.79 Å². The zero-order valence-corrected chi connectivity index (χ0v) is 17.3. The molecule has 0 saturated carbocycles. The third-order valence-electron chi connectivity index (χ3n) is 4.36. The molecule has 0 radical (unpaired) electrons. The Morgan fingerprint density at radius 3 is 2.43 bits per heavy atom. The van der Waals surface area contributed by atoms with E-state index in [1.54, 1.807) is 24.3 Å². The van der Waals surface area contributed by atoms with Crippen molar-refractivity contribution < 1.29 is 14.3 Å². The molecule has 2 aromatic rings. The molecule has 28 heavy (non-hydrogen) atoms. The van der Waals surface area contributed by atoms with E-state index in [0.29, 0.717) is 35.9 Å². The molecule has 0 aliphatic rings. The van der Waals surface area contributed by atoms with Gasteiger partial charge >= 0.3 is 0 Å². The Balaban J connectivity index is 2.13. The van der Waals surface area contributed by atoms with Crippen LogP contribution in [0.5, 0.6) is 5.75 Å². The standard InChI is InChI=1S/C23H30N2O3/c1-6-20(28-21-12-11-16(4)13-17(21)5)23(27)25-19-10-8-7-9-18(19)22(26)24-14-15(2)3/h7-13,15,20H,6,14H2,1-5H3,(H,24,26)(H,25,27). The SMILES string of the molecule is CCC(Oc1ccc(C)cc1C)C(=O)Nc1ccccc1C(=O)NCC(C)C. The van der Waals surface area contributed by atoms with Gasteiger partial charge in [-0.1, -0.05) is 50.6 Å². The number of ether oxygens (including phenoxy) is 1. The van der Waals surface area contributed by atoms with Gasteiger partial charge in [0.1, 0.15) is 5.75 Å². The summed E-state index contributed by atoms with van der Waals surface area (Å²) in [5.41, 5.74) is 3.05. The van der Waals surface area contributed by atoms with Crippen molar-refractivity contribution in [1.29, 1.82) is 0 Å². The highest BCUT2D eigenvalue weighted by molar-refractivity contribution is 6.04. The van der Waals surface area contributed by atoms with Crippen molar-refractivity contribution in [2.24, 2.45) is 5.92 Å². The van der Waals surface area contributed by atoms with Crippen molar-refractivity contribution in [2.45, 2.75) is 47.1 Å². The van der Waals surface area contributed by atoms with E-state index in [0.717, 1.165) is 11.1 Å². The summed E-state index contributed by atoms with van der Waals surface area (Å²) < 4.78 is 5.95. The van der Waals surface area contributed by atoms with E-state index < -0.39 is 6.10 Å². The van der Waals surface area contributed by atoms with Crippen LogP contribution in [-0.4, -0.2) is 24.5 Å². The fourth-order valence-corrected chi connectivity index (χ4v) is 2.80. The minimum absolute atomic E-state index is 0.201. The smallest absolute Gasteiger partial charge is 0.265 e. The van der Waals surface area contributed by atoms with E-state index in [-0.39, 0.29) is 11.8 Å². The molecular formula is C23H30N2O3. The number of anilines is 1. The van der Waals surface area contributed by atoms with Crippen LogP contribution in [0, 0.1) is 19.8 Å². The lowest BCUT2D eigenvalue weighted by atomic mass is 10.1. The lowest BCUT2D eigenvalue weighted by Crippen LogP contribution is -2.34. The first-order valence-corrected chi connectivity index (χ1v) is 9.73. The average molecular weight is 383 g/mol. The zero-order valence-electron chi connectivity index (χ0n) is 17.3. The summed E-state index contributed by atoms with van der Waals surface area (Å²) in [5, 5.41) is 5.74. The molecule has 2 N–H and O–H groups in total. The minimum atomic E-state index is -0.645. The van der Waals surface area contributed by atoms with E-state index in [9.17, 15) is 9.59 Å². The summed E-state index contributed by atoms with van der Waals surface area (Å²) in [6.07, 6.45) is -0.130. The van der Waals surface area contributed by atoms with Crippen LogP contribution in [0.25, 0.3) is 0 Å². The van der Waals surface area contributed by atoms with Gasteiger partial charge in [-0.25, -0.2) is 0 Å². The molecule has 2 rings (SSSR count). The van der Waals surface area contributed by atoms with Crippen LogP contribution in [0.2, 0.25) is 0 Å². The Morgan fingerprint density at radius 2 is 1.79 bits per heavy atom. The highest BCUT2D eigenvalue weighted by atomic mass is 16.5. The number of carbonyl (C=O) groups is 2. The number of aryl methyl sites for hydroxylation is 2. The van der Waals surface area contributed by atoms with Crippen molar-refractivity contribution in [3.63, 3.8) is 0 Å². The molecule has 0 heterocycles. The lowest BCUT2D eigenvalue weighted by Gasteiger charge is -2.20. The van der Waals surface area contributed by atoms with E-state index in [4.69, 9.17) is 4.74 Å². The maximum atomic E-state index is 12.8. The Morgan fingerprint density at radius 1 is 1.07 bits per heavy atom. The number of benzene rings is 2. The molecule has 2 amide bonds. The van der Waals surface area contributed by atoms with Crippen LogP contribution in [0.4, 0.5) is 5.69 Å². The second kappa shape index (κ2) is 9.93. The molecule has 5 nitrogen and oxygen atoms in total. The van der Waals surface area contributed by atoms with E-state index in [1.807, 2.05) is 52.8 Å². The summed E-state index contributed by atoms with van der Waals surface area (Å²) >= 11 is 0. The third-order valence-corrected chi connectivity index (χ3v) is 4.36. The number of para-hydroxylation sites is 1. The topological polar surface area (TPSA) is 67.4 Å². The molecule has 5 heteroatoms. The predicted molar refractivity (Wildman–Crippen MR) is 113 cm³/mol. The summed E-state index contributed by atoms with van der Waals surface area (Å²) in [6, 6.07) is 12.9. The summed E-state index contributed by atoms with van der Waals surface area (Å²) in [4.78, 5) is 25.3. The minimum Gasteiger partial charge on any atom is -0.480 e. The zero-order chi connectivity index (χ0) is 20.7. The molecular weight excluding hydrogens is 352 g/mol. The number of amides is 2. The number of hydrogen-bond donors (Lipinski definition) is 2. The van der Waals surface area contributed by atoms with Gasteiger partial charge in [-0.05, 0) is 49.9 Å². The first kappa shape index (κ1) is 21.5. The van der Waals surface area contributed by atoms with Crippen molar-refractivity contribution in [3.8, 4) is 5.75 Å².